The Balaban J connectivity index is 3.79. The maximum Gasteiger partial charge on any atom is 0.321 e. The molecule has 0 aromatic rings. The normalized spacial score (nSPS) is 12.5. The third kappa shape index (κ3) is 4.56. The maximum atomic E-state index is 5.25. The van der Waals surface area contributed by atoms with Crippen molar-refractivity contribution in [1.29, 1.82) is 0 Å². The fourth-order valence-electron chi connectivity index (χ4n) is 0.858. The molecule has 0 rings (SSSR count). The molecule has 0 heterocycles. The van der Waals surface area contributed by atoms with E-state index in [0.717, 1.165) is 6.04 Å². The summed E-state index contributed by atoms with van der Waals surface area (Å²) in [5.41, 5.74) is 0.378. The second kappa shape index (κ2) is 4.90. The smallest absolute Gasteiger partial charge is 0.321 e. The molecule has 0 aliphatic carbocycles. The lowest BCUT2D eigenvalue weighted by Crippen LogP contribution is -2.26. The van der Waals surface area contributed by atoms with Crippen LogP contribution in [0.2, 0.25) is 6.04 Å². The molecule has 0 amide bonds. The van der Waals surface area contributed by atoms with Gasteiger partial charge in [0.1, 0.15) is 0 Å². The molecule has 0 radical (unpaired) electrons. The highest BCUT2D eigenvalue weighted by atomic mass is 28.3. The van der Waals surface area contributed by atoms with Crippen LogP contribution in [0.25, 0.3) is 0 Å². The summed E-state index contributed by atoms with van der Waals surface area (Å²) in [6.45, 7) is 6.72. The summed E-state index contributed by atoms with van der Waals surface area (Å²) in [5, 5.41) is 0. The van der Waals surface area contributed by atoms with Gasteiger partial charge in [0, 0.05) is 14.2 Å². The monoisotopic (exact) mass is 176 g/mol. The van der Waals surface area contributed by atoms with Crippen LogP contribution in [0.3, 0.4) is 0 Å². The zero-order chi connectivity index (χ0) is 8.91. The Labute approximate surface area is 71.7 Å². The Kier molecular flexibility index (Phi) is 4.96. The summed E-state index contributed by atoms with van der Waals surface area (Å²) in [4.78, 5) is 0. The summed E-state index contributed by atoms with van der Waals surface area (Å²) in [6.07, 6.45) is 1.18. The SMILES string of the molecule is CCC(C)(C)C[SiH](OC)OC. The highest BCUT2D eigenvalue weighted by Gasteiger charge is 2.23. The van der Waals surface area contributed by atoms with Crippen molar-refractivity contribution in [1.82, 2.24) is 0 Å². The van der Waals surface area contributed by atoms with E-state index in [9.17, 15) is 0 Å². The Morgan fingerprint density at radius 1 is 1.18 bits per heavy atom. The maximum absolute atomic E-state index is 5.25. The van der Waals surface area contributed by atoms with E-state index < -0.39 is 9.28 Å². The van der Waals surface area contributed by atoms with Gasteiger partial charge in [-0.3, -0.25) is 0 Å². The molecule has 0 N–H and O–H groups in total. The van der Waals surface area contributed by atoms with Gasteiger partial charge in [-0.2, -0.15) is 0 Å². The number of hydrogen-bond donors (Lipinski definition) is 0. The number of hydrogen-bond acceptors (Lipinski definition) is 2. The van der Waals surface area contributed by atoms with Crippen LogP contribution in [0.1, 0.15) is 27.2 Å². The summed E-state index contributed by atoms with van der Waals surface area (Å²) in [5.74, 6) is 0. The van der Waals surface area contributed by atoms with Gasteiger partial charge in [0.05, 0.1) is 0 Å². The molecule has 0 saturated carbocycles. The minimum absolute atomic E-state index is 0.378. The van der Waals surface area contributed by atoms with E-state index in [1.807, 2.05) is 0 Å². The third-order valence-corrected chi connectivity index (χ3v) is 4.69. The van der Waals surface area contributed by atoms with Gasteiger partial charge in [0.25, 0.3) is 0 Å². The van der Waals surface area contributed by atoms with E-state index in [4.69, 9.17) is 8.85 Å². The molecular formula is C8H20O2Si. The molecule has 0 saturated heterocycles. The summed E-state index contributed by atoms with van der Waals surface area (Å²) in [6, 6.07) is 1.09. The first-order chi connectivity index (χ1) is 5.05. The molecule has 0 aliphatic heterocycles. The van der Waals surface area contributed by atoms with Crippen LogP contribution >= 0.6 is 0 Å². The van der Waals surface area contributed by atoms with Crippen molar-refractivity contribution in [2.45, 2.75) is 33.2 Å². The average Bonchev–Trinajstić information content (AvgIpc) is 2.00. The second-order valence-electron chi connectivity index (χ2n) is 3.62. The van der Waals surface area contributed by atoms with E-state index in [-0.39, 0.29) is 0 Å². The number of rotatable bonds is 5. The van der Waals surface area contributed by atoms with Gasteiger partial charge >= 0.3 is 9.28 Å². The van der Waals surface area contributed by atoms with E-state index in [0.29, 0.717) is 5.41 Å². The molecule has 0 aliphatic rings. The van der Waals surface area contributed by atoms with E-state index in [2.05, 4.69) is 20.8 Å². The summed E-state index contributed by atoms with van der Waals surface area (Å²) in [7, 11) is 2.15. The first kappa shape index (κ1) is 11.1. The highest BCUT2D eigenvalue weighted by molar-refractivity contribution is 6.44. The first-order valence-corrected chi connectivity index (χ1v) is 5.87. The highest BCUT2D eigenvalue weighted by Crippen LogP contribution is 2.26. The van der Waals surface area contributed by atoms with Crippen molar-refractivity contribution < 1.29 is 8.85 Å². The van der Waals surface area contributed by atoms with Crippen molar-refractivity contribution in [3.05, 3.63) is 0 Å². The van der Waals surface area contributed by atoms with Gasteiger partial charge in [-0.25, -0.2) is 0 Å². The summed E-state index contributed by atoms with van der Waals surface area (Å²) < 4.78 is 10.5. The van der Waals surface area contributed by atoms with Crippen LogP contribution in [-0.4, -0.2) is 23.5 Å². The van der Waals surface area contributed by atoms with Gasteiger partial charge in [0.2, 0.25) is 0 Å². The van der Waals surface area contributed by atoms with Crippen molar-refractivity contribution in [3.8, 4) is 0 Å². The second-order valence-corrected chi connectivity index (χ2v) is 5.83. The minimum Gasteiger partial charge on any atom is -0.400 e. The third-order valence-electron chi connectivity index (χ3n) is 2.20. The first-order valence-electron chi connectivity index (χ1n) is 4.11. The molecule has 0 atom stereocenters. The predicted molar refractivity (Wildman–Crippen MR) is 50.0 cm³/mol. The van der Waals surface area contributed by atoms with Crippen LogP contribution in [0, 0.1) is 5.41 Å². The summed E-state index contributed by atoms with van der Waals surface area (Å²) >= 11 is 0. The van der Waals surface area contributed by atoms with Crippen molar-refractivity contribution in [2.75, 3.05) is 14.2 Å². The Morgan fingerprint density at radius 3 is 1.91 bits per heavy atom. The Bertz CT molecular complexity index is 100. The van der Waals surface area contributed by atoms with Crippen LogP contribution in [-0.2, 0) is 8.85 Å². The minimum atomic E-state index is -1.33. The van der Waals surface area contributed by atoms with Crippen LogP contribution < -0.4 is 0 Å². The molecule has 2 nitrogen and oxygen atoms in total. The lowest BCUT2D eigenvalue weighted by molar-refractivity contribution is 0.251. The van der Waals surface area contributed by atoms with Gasteiger partial charge in [-0.05, 0) is 11.5 Å². The molecule has 0 aromatic carbocycles. The molecule has 0 bridgehead atoms. The zero-order valence-electron chi connectivity index (χ0n) is 8.31. The van der Waals surface area contributed by atoms with Crippen LogP contribution in [0.5, 0.6) is 0 Å². The van der Waals surface area contributed by atoms with Gasteiger partial charge in [0.15, 0.2) is 0 Å². The lowest BCUT2D eigenvalue weighted by atomic mass is 9.93. The molecule has 0 unspecified atom stereocenters. The zero-order valence-corrected chi connectivity index (χ0v) is 9.46. The molecule has 0 spiro atoms. The molecule has 68 valence electrons. The Morgan fingerprint density at radius 2 is 1.64 bits per heavy atom. The molecule has 11 heavy (non-hydrogen) atoms. The molecule has 0 fully saturated rings. The van der Waals surface area contributed by atoms with Crippen molar-refractivity contribution >= 4 is 9.28 Å². The van der Waals surface area contributed by atoms with E-state index in [1.165, 1.54) is 6.42 Å². The van der Waals surface area contributed by atoms with Crippen LogP contribution in [0.4, 0.5) is 0 Å². The van der Waals surface area contributed by atoms with E-state index in [1.54, 1.807) is 14.2 Å². The Hall–Kier alpha value is 0.137. The van der Waals surface area contributed by atoms with Crippen molar-refractivity contribution in [3.63, 3.8) is 0 Å². The topological polar surface area (TPSA) is 18.5 Å². The largest absolute Gasteiger partial charge is 0.400 e. The molecule has 3 heteroatoms. The lowest BCUT2D eigenvalue weighted by Gasteiger charge is -2.25. The average molecular weight is 176 g/mol. The fraction of sp³-hybridized carbons (Fsp3) is 1.00. The van der Waals surface area contributed by atoms with Gasteiger partial charge in [-0.15, -0.1) is 0 Å². The standard InChI is InChI=1S/C8H20O2Si/c1-6-8(2,3)7-11(9-4)10-5/h11H,6-7H2,1-5H3. The fourth-order valence-corrected chi connectivity index (χ4v) is 2.58. The van der Waals surface area contributed by atoms with Crippen molar-refractivity contribution in [2.24, 2.45) is 5.41 Å². The predicted octanol–water partition coefficient (Wildman–Crippen LogP) is 1.94. The molecular weight excluding hydrogens is 156 g/mol. The molecule has 0 aromatic heterocycles. The van der Waals surface area contributed by atoms with Crippen LogP contribution in [0.15, 0.2) is 0 Å². The quantitative estimate of drug-likeness (QED) is 0.596. The van der Waals surface area contributed by atoms with Gasteiger partial charge < -0.3 is 8.85 Å². The van der Waals surface area contributed by atoms with E-state index >= 15 is 0 Å². The van der Waals surface area contributed by atoms with Gasteiger partial charge in [-0.1, -0.05) is 27.2 Å².